The average molecular weight is 285 g/mol. The molecule has 2 aromatic heterocycles. The van der Waals surface area contributed by atoms with E-state index in [1.165, 1.54) is 12.5 Å². The van der Waals surface area contributed by atoms with Crippen LogP contribution in [0.2, 0.25) is 0 Å². The largest absolute Gasteiger partial charge is 0.432 e. The van der Waals surface area contributed by atoms with E-state index < -0.39 is 23.8 Å². The van der Waals surface area contributed by atoms with E-state index in [0.717, 1.165) is 0 Å². The molecule has 0 aromatic carbocycles. The molecule has 9 heteroatoms. The van der Waals surface area contributed by atoms with E-state index in [1.807, 2.05) is 0 Å². The van der Waals surface area contributed by atoms with E-state index >= 15 is 0 Å². The zero-order chi connectivity index (χ0) is 14.8. The summed E-state index contributed by atoms with van der Waals surface area (Å²) in [6.45, 7) is 1.65. The first kappa shape index (κ1) is 14.0. The molecule has 1 amide bonds. The van der Waals surface area contributed by atoms with Crippen LogP contribution in [0.25, 0.3) is 0 Å². The summed E-state index contributed by atoms with van der Waals surface area (Å²) in [5, 5.41) is 7.62. The lowest BCUT2D eigenvalue weighted by molar-refractivity contribution is -0.141. The molecular weight excluding hydrogens is 275 g/mol. The highest BCUT2D eigenvalue weighted by atomic mass is 19.4. The van der Waals surface area contributed by atoms with Crippen LogP contribution in [0.15, 0.2) is 24.7 Å². The van der Waals surface area contributed by atoms with Crippen molar-refractivity contribution in [3.05, 3.63) is 41.7 Å². The molecule has 2 rings (SSSR count). The van der Waals surface area contributed by atoms with Crippen molar-refractivity contribution in [1.82, 2.24) is 25.5 Å². The Hall–Kier alpha value is -2.45. The minimum Gasteiger partial charge on any atom is -0.343 e. The number of nitrogens with one attached hydrogen (secondary N) is 2. The SMILES string of the molecule is CC(NC(=O)c1cc(C(F)(F)F)[nH]n1)c1ccncn1. The van der Waals surface area contributed by atoms with Crippen molar-refractivity contribution in [2.24, 2.45) is 0 Å². The topological polar surface area (TPSA) is 83.6 Å². The van der Waals surface area contributed by atoms with E-state index in [2.05, 4.69) is 20.4 Å². The molecule has 20 heavy (non-hydrogen) atoms. The van der Waals surface area contributed by atoms with Crippen LogP contribution < -0.4 is 5.32 Å². The molecule has 1 unspecified atom stereocenters. The molecule has 0 aliphatic heterocycles. The van der Waals surface area contributed by atoms with Crippen molar-refractivity contribution < 1.29 is 18.0 Å². The van der Waals surface area contributed by atoms with Gasteiger partial charge in [0.1, 0.15) is 12.0 Å². The summed E-state index contributed by atoms with van der Waals surface area (Å²) in [6, 6.07) is 1.77. The highest BCUT2D eigenvalue weighted by molar-refractivity contribution is 5.92. The molecule has 0 saturated carbocycles. The van der Waals surface area contributed by atoms with Crippen molar-refractivity contribution in [3.8, 4) is 0 Å². The summed E-state index contributed by atoms with van der Waals surface area (Å²) in [4.78, 5) is 19.4. The predicted octanol–water partition coefficient (Wildman–Crippen LogP) is 1.71. The van der Waals surface area contributed by atoms with Gasteiger partial charge in [0.15, 0.2) is 5.69 Å². The van der Waals surface area contributed by atoms with Crippen molar-refractivity contribution in [2.45, 2.75) is 19.1 Å². The summed E-state index contributed by atoms with van der Waals surface area (Å²) in [7, 11) is 0. The Morgan fingerprint density at radius 3 is 2.75 bits per heavy atom. The first-order chi connectivity index (χ1) is 9.38. The van der Waals surface area contributed by atoms with E-state index in [4.69, 9.17) is 0 Å². The minimum absolute atomic E-state index is 0.335. The van der Waals surface area contributed by atoms with Gasteiger partial charge in [-0.15, -0.1) is 0 Å². The maximum atomic E-state index is 12.4. The normalized spacial score (nSPS) is 13.0. The van der Waals surface area contributed by atoms with E-state index in [9.17, 15) is 18.0 Å². The average Bonchev–Trinajstić information content (AvgIpc) is 2.89. The Labute approximate surface area is 111 Å². The van der Waals surface area contributed by atoms with Crippen LogP contribution >= 0.6 is 0 Å². The molecule has 0 aliphatic rings. The molecule has 0 saturated heterocycles. The van der Waals surface area contributed by atoms with Gasteiger partial charge < -0.3 is 5.32 Å². The molecule has 2 heterocycles. The van der Waals surface area contributed by atoms with Crippen LogP contribution in [0, 0.1) is 0 Å². The third-order valence-electron chi connectivity index (χ3n) is 2.51. The van der Waals surface area contributed by atoms with Gasteiger partial charge in [0.05, 0.1) is 11.7 Å². The zero-order valence-corrected chi connectivity index (χ0v) is 10.3. The van der Waals surface area contributed by atoms with Crippen LogP contribution in [0.4, 0.5) is 13.2 Å². The Balaban J connectivity index is 2.07. The van der Waals surface area contributed by atoms with Crippen LogP contribution in [-0.4, -0.2) is 26.1 Å². The summed E-state index contributed by atoms with van der Waals surface area (Å²) in [6.07, 6.45) is -1.75. The van der Waals surface area contributed by atoms with Crippen molar-refractivity contribution in [2.75, 3.05) is 0 Å². The Morgan fingerprint density at radius 1 is 1.45 bits per heavy atom. The molecular formula is C11H10F3N5O. The fourth-order valence-corrected chi connectivity index (χ4v) is 1.48. The van der Waals surface area contributed by atoms with Crippen LogP contribution in [0.5, 0.6) is 0 Å². The second-order valence-corrected chi connectivity index (χ2v) is 3.99. The standard InChI is InChI=1S/C11H10F3N5O/c1-6(7-2-3-15-5-16-7)17-10(20)8-4-9(19-18-8)11(12,13)14/h2-6H,1H3,(H,17,20)(H,18,19). The van der Waals surface area contributed by atoms with E-state index in [-0.39, 0.29) is 5.69 Å². The predicted molar refractivity (Wildman–Crippen MR) is 61.5 cm³/mol. The molecule has 2 aromatic rings. The number of amides is 1. The summed E-state index contributed by atoms with van der Waals surface area (Å²) in [5.41, 5.74) is -0.865. The minimum atomic E-state index is -4.57. The number of nitrogens with zero attached hydrogens (tertiary/aromatic N) is 3. The van der Waals surface area contributed by atoms with Gasteiger partial charge in [-0.25, -0.2) is 9.97 Å². The van der Waals surface area contributed by atoms with Gasteiger partial charge in [0.25, 0.3) is 5.91 Å². The van der Waals surface area contributed by atoms with Gasteiger partial charge in [-0.2, -0.15) is 18.3 Å². The number of H-pyrrole nitrogens is 1. The quantitative estimate of drug-likeness (QED) is 0.899. The molecule has 0 aliphatic carbocycles. The lowest BCUT2D eigenvalue weighted by atomic mass is 10.2. The van der Waals surface area contributed by atoms with Gasteiger partial charge >= 0.3 is 6.18 Å². The fraction of sp³-hybridized carbons (Fsp3) is 0.273. The van der Waals surface area contributed by atoms with Crippen molar-refractivity contribution in [1.29, 1.82) is 0 Å². The van der Waals surface area contributed by atoms with Gasteiger partial charge in [0.2, 0.25) is 0 Å². The van der Waals surface area contributed by atoms with Gasteiger partial charge in [-0.1, -0.05) is 0 Å². The van der Waals surface area contributed by atoms with Crippen LogP contribution in [-0.2, 0) is 6.18 Å². The van der Waals surface area contributed by atoms with Crippen LogP contribution in [0.1, 0.15) is 34.8 Å². The number of aromatic nitrogens is 4. The maximum Gasteiger partial charge on any atom is 0.432 e. The number of alkyl halides is 3. The molecule has 1 atom stereocenters. The number of hydrogen-bond acceptors (Lipinski definition) is 4. The number of carbonyl (C=O) groups excluding carboxylic acids is 1. The molecule has 0 fully saturated rings. The van der Waals surface area contributed by atoms with Crippen LogP contribution in [0.3, 0.4) is 0 Å². The smallest absolute Gasteiger partial charge is 0.343 e. The van der Waals surface area contributed by atoms with Crippen molar-refractivity contribution in [3.63, 3.8) is 0 Å². The Morgan fingerprint density at radius 2 is 2.20 bits per heavy atom. The second-order valence-electron chi connectivity index (χ2n) is 3.99. The first-order valence-corrected chi connectivity index (χ1v) is 5.57. The second kappa shape index (κ2) is 5.27. The number of aromatic amines is 1. The highest BCUT2D eigenvalue weighted by Crippen LogP contribution is 2.27. The monoisotopic (exact) mass is 285 g/mol. The van der Waals surface area contributed by atoms with E-state index in [0.29, 0.717) is 11.8 Å². The molecule has 0 radical (unpaired) electrons. The summed E-state index contributed by atoms with van der Waals surface area (Å²) < 4.78 is 37.1. The number of hydrogen-bond donors (Lipinski definition) is 2. The van der Waals surface area contributed by atoms with E-state index in [1.54, 1.807) is 18.1 Å². The number of halogens is 3. The van der Waals surface area contributed by atoms with Gasteiger partial charge in [0, 0.05) is 12.3 Å². The summed E-state index contributed by atoms with van der Waals surface area (Å²) in [5.74, 6) is -0.720. The number of rotatable bonds is 3. The third kappa shape index (κ3) is 3.11. The maximum absolute atomic E-state index is 12.4. The Bertz CT molecular complexity index is 596. The van der Waals surface area contributed by atoms with Gasteiger partial charge in [-0.3, -0.25) is 9.89 Å². The Kier molecular flexibility index (Phi) is 3.68. The molecule has 2 N–H and O–H groups in total. The summed E-state index contributed by atoms with van der Waals surface area (Å²) >= 11 is 0. The lowest BCUT2D eigenvalue weighted by Crippen LogP contribution is -2.27. The molecule has 106 valence electrons. The molecule has 0 spiro atoms. The molecule has 6 nitrogen and oxygen atoms in total. The molecule has 0 bridgehead atoms. The van der Waals surface area contributed by atoms with Crippen molar-refractivity contribution >= 4 is 5.91 Å². The fourth-order valence-electron chi connectivity index (χ4n) is 1.48. The first-order valence-electron chi connectivity index (χ1n) is 5.57. The third-order valence-corrected chi connectivity index (χ3v) is 2.51. The number of carbonyl (C=O) groups is 1. The highest BCUT2D eigenvalue weighted by Gasteiger charge is 2.33. The lowest BCUT2D eigenvalue weighted by Gasteiger charge is -2.11. The van der Waals surface area contributed by atoms with Gasteiger partial charge in [-0.05, 0) is 13.0 Å². The zero-order valence-electron chi connectivity index (χ0n) is 10.3.